The highest BCUT2D eigenvalue weighted by Gasteiger charge is 2.21. The van der Waals surface area contributed by atoms with Gasteiger partial charge in [-0.05, 0) is 54.4 Å². The van der Waals surface area contributed by atoms with Crippen molar-refractivity contribution in [2.45, 2.75) is 25.7 Å². The molecule has 1 atom stereocenters. The molecule has 2 aromatic rings. The first-order valence-corrected chi connectivity index (χ1v) is 6.91. The predicted molar refractivity (Wildman–Crippen MR) is 72.5 cm³/mol. The highest BCUT2D eigenvalue weighted by molar-refractivity contribution is 9.10. The maximum absolute atomic E-state index is 4.71. The normalized spacial score (nSPS) is 20.9. The fourth-order valence-corrected chi connectivity index (χ4v) is 3.13. The van der Waals surface area contributed by atoms with Gasteiger partial charge in [-0.25, -0.2) is 4.98 Å². The van der Waals surface area contributed by atoms with Crippen molar-refractivity contribution in [1.82, 2.24) is 14.7 Å². The first kappa shape index (κ1) is 11.2. The van der Waals surface area contributed by atoms with E-state index in [9.17, 15) is 0 Å². The molecule has 2 aromatic heterocycles. The number of imidazole rings is 1. The van der Waals surface area contributed by atoms with E-state index in [1.165, 1.54) is 29.9 Å². The molecule has 1 aliphatic rings. The molecular weight excluding hydrogens is 278 g/mol. The summed E-state index contributed by atoms with van der Waals surface area (Å²) < 4.78 is 3.24. The monoisotopic (exact) mass is 293 g/mol. The molecule has 0 spiro atoms. The van der Waals surface area contributed by atoms with Gasteiger partial charge in [-0.15, -0.1) is 0 Å². The van der Waals surface area contributed by atoms with E-state index < -0.39 is 0 Å². The van der Waals surface area contributed by atoms with Crippen LogP contribution in [0.4, 0.5) is 0 Å². The lowest BCUT2D eigenvalue weighted by Gasteiger charge is -2.22. The summed E-state index contributed by atoms with van der Waals surface area (Å²) in [6, 6.07) is 6.34. The van der Waals surface area contributed by atoms with E-state index in [0.717, 1.165) is 17.7 Å². The molecule has 0 saturated carbocycles. The molecular formula is C13H16BrN3. The van der Waals surface area contributed by atoms with Crippen LogP contribution in [0.3, 0.4) is 0 Å². The van der Waals surface area contributed by atoms with Crippen molar-refractivity contribution in [3.63, 3.8) is 0 Å². The summed E-state index contributed by atoms with van der Waals surface area (Å²) in [5, 5.41) is 3.46. The molecule has 3 heterocycles. The Bertz CT molecular complexity index is 541. The Morgan fingerprint density at radius 3 is 3.12 bits per heavy atom. The van der Waals surface area contributed by atoms with Gasteiger partial charge in [0.2, 0.25) is 0 Å². The number of nitrogens with one attached hydrogen (secondary N) is 1. The second kappa shape index (κ2) is 4.42. The second-order valence-electron chi connectivity index (χ2n) is 4.69. The predicted octanol–water partition coefficient (Wildman–Crippen LogP) is 2.87. The van der Waals surface area contributed by atoms with Gasteiger partial charge in [0.25, 0.3) is 0 Å². The first-order valence-electron chi connectivity index (χ1n) is 6.11. The molecule has 1 aliphatic heterocycles. The first-order chi connectivity index (χ1) is 8.27. The van der Waals surface area contributed by atoms with E-state index >= 15 is 0 Å². The van der Waals surface area contributed by atoms with Crippen LogP contribution in [-0.4, -0.2) is 22.5 Å². The molecule has 0 radical (unpaired) electrons. The zero-order valence-electron chi connectivity index (χ0n) is 9.91. The van der Waals surface area contributed by atoms with Crippen LogP contribution >= 0.6 is 15.9 Å². The maximum Gasteiger partial charge on any atom is 0.132 e. The van der Waals surface area contributed by atoms with Gasteiger partial charge >= 0.3 is 0 Å². The van der Waals surface area contributed by atoms with Crippen LogP contribution in [0.15, 0.2) is 22.8 Å². The third-order valence-electron chi connectivity index (χ3n) is 3.50. The summed E-state index contributed by atoms with van der Waals surface area (Å²) in [5.41, 5.74) is 2.42. The number of fused-ring (bicyclic) bond motifs is 1. The van der Waals surface area contributed by atoms with Crippen LogP contribution in [0.25, 0.3) is 5.52 Å². The van der Waals surface area contributed by atoms with E-state index in [2.05, 4.69) is 50.8 Å². The Hall–Kier alpha value is -0.870. The van der Waals surface area contributed by atoms with E-state index in [1.54, 1.807) is 0 Å². The molecule has 3 nitrogen and oxygen atoms in total. The van der Waals surface area contributed by atoms with Gasteiger partial charge in [-0.2, -0.15) is 0 Å². The van der Waals surface area contributed by atoms with E-state index in [0.29, 0.717) is 5.92 Å². The topological polar surface area (TPSA) is 29.3 Å². The Morgan fingerprint density at radius 2 is 2.35 bits per heavy atom. The van der Waals surface area contributed by atoms with E-state index in [1.807, 2.05) is 0 Å². The number of aromatic nitrogens is 2. The quantitative estimate of drug-likeness (QED) is 0.876. The lowest BCUT2D eigenvalue weighted by Crippen LogP contribution is -2.29. The third kappa shape index (κ3) is 1.89. The number of rotatable bonds is 1. The number of hydrogen-bond donors (Lipinski definition) is 1. The van der Waals surface area contributed by atoms with Crippen LogP contribution in [0.2, 0.25) is 0 Å². The number of piperidine rings is 1. The summed E-state index contributed by atoms with van der Waals surface area (Å²) in [6.07, 6.45) is 2.47. The highest BCUT2D eigenvalue weighted by atomic mass is 79.9. The summed E-state index contributed by atoms with van der Waals surface area (Å²) >= 11 is 3.57. The fourth-order valence-electron chi connectivity index (χ4n) is 2.64. The van der Waals surface area contributed by atoms with Crippen molar-refractivity contribution in [3.8, 4) is 0 Å². The average molecular weight is 294 g/mol. The molecule has 0 amide bonds. The molecule has 0 aliphatic carbocycles. The Labute approximate surface area is 109 Å². The minimum Gasteiger partial charge on any atom is -0.316 e. The Balaban J connectivity index is 2.15. The van der Waals surface area contributed by atoms with Crippen molar-refractivity contribution >= 4 is 21.4 Å². The summed E-state index contributed by atoms with van der Waals surface area (Å²) in [7, 11) is 0. The molecule has 1 saturated heterocycles. The molecule has 1 fully saturated rings. The van der Waals surface area contributed by atoms with Crippen molar-refractivity contribution in [2.24, 2.45) is 0 Å². The average Bonchev–Trinajstić information content (AvgIpc) is 2.70. The van der Waals surface area contributed by atoms with Crippen LogP contribution in [0.1, 0.15) is 30.3 Å². The second-order valence-corrected chi connectivity index (χ2v) is 5.44. The van der Waals surface area contributed by atoms with Crippen molar-refractivity contribution in [1.29, 1.82) is 0 Å². The van der Waals surface area contributed by atoms with Crippen molar-refractivity contribution < 1.29 is 0 Å². The fraction of sp³-hybridized carbons (Fsp3) is 0.462. The van der Waals surface area contributed by atoms with Crippen molar-refractivity contribution in [3.05, 3.63) is 34.3 Å². The number of halogens is 1. The van der Waals surface area contributed by atoms with Crippen LogP contribution in [0, 0.1) is 6.92 Å². The van der Waals surface area contributed by atoms with Crippen LogP contribution in [0.5, 0.6) is 0 Å². The van der Waals surface area contributed by atoms with Gasteiger partial charge in [0.05, 0.1) is 5.52 Å². The van der Waals surface area contributed by atoms with E-state index in [-0.39, 0.29) is 0 Å². The zero-order valence-corrected chi connectivity index (χ0v) is 11.5. The van der Waals surface area contributed by atoms with Crippen LogP contribution in [-0.2, 0) is 0 Å². The summed E-state index contributed by atoms with van der Waals surface area (Å²) in [6.45, 7) is 4.32. The summed E-state index contributed by atoms with van der Waals surface area (Å²) in [4.78, 5) is 4.71. The van der Waals surface area contributed by atoms with Gasteiger partial charge in [-0.1, -0.05) is 6.07 Å². The number of hydrogen-bond acceptors (Lipinski definition) is 2. The van der Waals surface area contributed by atoms with Gasteiger partial charge in [0, 0.05) is 18.2 Å². The van der Waals surface area contributed by atoms with E-state index in [4.69, 9.17) is 4.98 Å². The molecule has 0 aromatic carbocycles. The standard InChI is InChI=1S/C13H16BrN3/c1-9-4-2-6-11-12(14)16-13(17(9)11)10-5-3-7-15-8-10/h2,4,6,10,15H,3,5,7-8H2,1H3. The molecule has 3 rings (SSSR count). The molecule has 4 heteroatoms. The highest BCUT2D eigenvalue weighted by Crippen LogP contribution is 2.28. The molecule has 1 N–H and O–H groups in total. The van der Waals surface area contributed by atoms with Crippen LogP contribution < -0.4 is 5.32 Å². The van der Waals surface area contributed by atoms with Gasteiger partial charge in [-0.3, -0.25) is 4.40 Å². The Kier molecular flexibility index (Phi) is 2.92. The SMILES string of the molecule is Cc1cccc2c(Br)nc(C3CCCNC3)n12. The third-order valence-corrected chi connectivity index (χ3v) is 4.08. The number of pyridine rings is 1. The van der Waals surface area contributed by atoms with Gasteiger partial charge in [0.1, 0.15) is 10.4 Å². The smallest absolute Gasteiger partial charge is 0.132 e. The van der Waals surface area contributed by atoms with Crippen molar-refractivity contribution in [2.75, 3.05) is 13.1 Å². The molecule has 17 heavy (non-hydrogen) atoms. The lowest BCUT2D eigenvalue weighted by molar-refractivity contribution is 0.445. The summed E-state index contributed by atoms with van der Waals surface area (Å²) in [5.74, 6) is 1.72. The Morgan fingerprint density at radius 1 is 1.47 bits per heavy atom. The van der Waals surface area contributed by atoms with Gasteiger partial charge < -0.3 is 5.32 Å². The zero-order chi connectivity index (χ0) is 11.8. The lowest BCUT2D eigenvalue weighted by atomic mass is 9.99. The largest absolute Gasteiger partial charge is 0.316 e. The molecule has 90 valence electrons. The van der Waals surface area contributed by atoms with Gasteiger partial charge in [0.15, 0.2) is 0 Å². The molecule has 0 bridgehead atoms. The maximum atomic E-state index is 4.71. The molecule has 1 unspecified atom stereocenters. The minimum absolute atomic E-state index is 0.531. The number of aryl methyl sites for hydroxylation is 1. The minimum atomic E-state index is 0.531. The number of nitrogens with zero attached hydrogens (tertiary/aromatic N) is 2.